The maximum absolute atomic E-state index is 12.8. The van der Waals surface area contributed by atoms with Gasteiger partial charge in [0, 0.05) is 0 Å². The van der Waals surface area contributed by atoms with E-state index < -0.39 is 11.6 Å². The van der Waals surface area contributed by atoms with E-state index in [1.807, 2.05) is 30.3 Å². The largest absolute Gasteiger partial charge is 0.347 e. The maximum atomic E-state index is 12.8. The number of nitrogens with one attached hydrogen (secondary N) is 2. The van der Waals surface area contributed by atoms with E-state index in [0.717, 1.165) is 29.7 Å². The highest BCUT2D eigenvalue weighted by Gasteiger charge is 2.51. The van der Waals surface area contributed by atoms with Gasteiger partial charge < -0.3 is 10.6 Å². The normalized spacial score (nSPS) is 20.5. The molecule has 4 amide bonds. The molecule has 1 atom stereocenters. The van der Waals surface area contributed by atoms with Crippen LogP contribution in [0.4, 0.5) is 4.79 Å². The van der Waals surface area contributed by atoms with E-state index >= 15 is 0 Å². The van der Waals surface area contributed by atoms with Crippen molar-refractivity contribution in [3.05, 3.63) is 35.9 Å². The summed E-state index contributed by atoms with van der Waals surface area (Å²) in [4.78, 5) is 39.0. The summed E-state index contributed by atoms with van der Waals surface area (Å²) in [5.41, 5.74) is -0.00327. The third-order valence-electron chi connectivity index (χ3n) is 5.56. The molecule has 2 aliphatic rings. The monoisotopic (exact) mass is 371 g/mol. The first-order chi connectivity index (χ1) is 12.7. The Morgan fingerprint density at radius 1 is 1.15 bits per heavy atom. The van der Waals surface area contributed by atoms with E-state index in [0.29, 0.717) is 12.8 Å². The average Bonchev–Trinajstić information content (AvgIpc) is 2.84. The van der Waals surface area contributed by atoms with Crippen molar-refractivity contribution in [3.63, 3.8) is 0 Å². The number of rotatable bonds is 4. The summed E-state index contributed by atoms with van der Waals surface area (Å²) in [5.74, 6) is -0.579. The van der Waals surface area contributed by atoms with E-state index in [1.165, 1.54) is 0 Å². The first-order valence-electron chi connectivity index (χ1n) is 9.71. The van der Waals surface area contributed by atoms with E-state index in [9.17, 15) is 14.4 Å². The third-order valence-corrected chi connectivity index (χ3v) is 5.56. The zero-order chi connectivity index (χ0) is 19.7. The Morgan fingerprint density at radius 2 is 1.78 bits per heavy atom. The number of hydrogen-bond donors (Lipinski definition) is 2. The average molecular weight is 371 g/mol. The highest BCUT2D eigenvalue weighted by atomic mass is 16.2. The molecule has 2 fully saturated rings. The van der Waals surface area contributed by atoms with Gasteiger partial charge in [0.25, 0.3) is 5.91 Å². The predicted molar refractivity (Wildman–Crippen MR) is 103 cm³/mol. The molecule has 2 N–H and O–H groups in total. The van der Waals surface area contributed by atoms with Gasteiger partial charge in [0.1, 0.15) is 12.1 Å². The van der Waals surface area contributed by atoms with Gasteiger partial charge in [-0.2, -0.15) is 0 Å². The summed E-state index contributed by atoms with van der Waals surface area (Å²) >= 11 is 0. The topological polar surface area (TPSA) is 78.5 Å². The summed E-state index contributed by atoms with van der Waals surface area (Å²) in [6, 6.07) is 9.08. The van der Waals surface area contributed by atoms with Gasteiger partial charge in [-0.1, -0.05) is 70.4 Å². The Bertz CT molecular complexity index is 718. The molecule has 0 aromatic heterocycles. The van der Waals surface area contributed by atoms with Crippen molar-refractivity contribution >= 4 is 17.8 Å². The van der Waals surface area contributed by atoms with Gasteiger partial charge >= 0.3 is 6.03 Å². The number of nitrogens with zero attached hydrogens (tertiary/aromatic N) is 1. The molecule has 3 rings (SSSR count). The van der Waals surface area contributed by atoms with Crippen molar-refractivity contribution in [2.75, 3.05) is 6.54 Å². The molecule has 6 heteroatoms. The molecule has 146 valence electrons. The van der Waals surface area contributed by atoms with Crippen LogP contribution in [0.3, 0.4) is 0 Å². The first kappa shape index (κ1) is 19.4. The molecule has 1 unspecified atom stereocenters. The minimum Gasteiger partial charge on any atom is -0.347 e. The lowest BCUT2D eigenvalue weighted by atomic mass is 9.81. The highest BCUT2D eigenvalue weighted by Crippen LogP contribution is 2.34. The Hall–Kier alpha value is -2.37. The lowest BCUT2D eigenvalue weighted by molar-refractivity contribution is -0.136. The number of carbonyl (C=O) groups is 3. The fraction of sp³-hybridized carbons (Fsp3) is 0.571. The van der Waals surface area contributed by atoms with Crippen LogP contribution in [0.25, 0.3) is 0 Å². The summed E-state index contributed by atoms with van der Waals surface area (Å²) < 4.78 is 0. The summed E-state index contributed by atoms with van der Waals surface area (Å²) in [7, 11) is 0. The standard InChI is InChI=1S/C21H29N3O3/c1-20(2,3)17(15-10-6-4-7-11-15)22-16(25)14-24-18(26)21(23-19(24)27)12-8-5-9-13-21/h4,6-7,10-11,17H,5,8-9,12-14H2,1-3H3,(H,22,25)(H,23,27). The van der Waals surface area contributed by atoms with Gasteiger partial charge in [0.05, 0.1) is 6.04 Å². The second kappa shape index (κ2) is 7.33. The number of carbonyl (C=O) groups excluding carboxylic acids is 3. The van der Waals surface area contributed by atoms with Gasteiger partial charge in [-0.25, -0.2) is 4.79 Å². The molecule has 1 aliphatic heterocycles. The van der Waals surface area contributed by atoms with Crippen LogP contribution in [0.5, 0.6) is 0 Å². The van der Waals surface area contributed by atoms with Gasteiger partial charge in [-0.3, -0.25) is 14.5 Å². The molecular formula is C21H29N3O3. The summed E-state index contributed by atoms with van der Waals surface area (Å²) in [5, 5.41) is 5.87. The van der Waals surface area contributed by atoms with Gasteiger partial charge in [0.2, 0.25) is 5.91 Å². The molecule has 1 saturated heterocycles. The van der Waals surface area contributed by atoms with Crippen molar-refractivity contribution < 1.29 is 14.4 Å². The van der Waals surface area contributed by atoms with Crippen LogP contribution in [0.1, 0.15) is 64.5 Å². The van der Waals surface area contributed by atoms with Crippen LogP contribution in [-0.2, 0) is 9.59 Å². The van der Waals surface area contributed by atoms with E-state index in [1.54, 1.807) is 0 Å². The molecule has 1 aliphatic carbocycles. The highest BCUT2D eigenvalue weighted by molar-refractivity contribution is 6.09. The zero-order valence-corrected chi connectivity index (χ0v) is 16.4. The quantitative estimate of drug-likeness (QED) is 0.798. The maximum Gasteiger partial charge on any atom is 0.325 e. The molecule has 1 heterocycles. The molecular weight excluding hydrogens is 342 g/mol. The van der Waals surface area contributed by atoms with Crippen molar-refractivity contribution in [1.29, 1.82) is 0 Å². The molecule has 1 spiro atoms. The fourth-order valence-corrected chi connectivity index (χ4v) is 4.11. The van der Waals surface area contributed by atoms with Crippen LogP contribution in [0.2, 0.25) is 0 Å². The molecule has 1 aromatic carbocycles. The zero-order valence-electron chi connectivity index (χ0n) is 16.4. The smallest absolute Gasteiger partial charge is 0.325 e. The Balaban J connectivity index is 1.71. The lowest BCUT2D eigenvalue weighted by Gasteiger charge is -2.32. The SMILES string of the molecule is CC(C)(C)C(NC(=O)CN1C(=O)NC2(CCCCC2)C1=O)c1ccccc1. The number of urea groups is 1. The molecule has 0 bridgehead atoms. The number of imide groups is 1. The second-order valence-corrected chi connectivity index (χ2v) is 8.74. The fourth-order valence-electron chi connectivity index (χ4n) is 4.11. The Morgan fingerprint density at radius 3 is 2.37 bits per heavy atom. The van der Waals surface area contributed by atoms with Crippen LogP contribution < -0.4 is 10.6 Å². The minimum absolute atomic E-state index is 0.209. The van der Waals surface area contributed by atoms with Crippen LogP contribution in [-0.4, -0.2) is 34.8 Å². The predicted octanol–water partition coefficient (Wildman–Crippen LogP) is 3.14. The Labute approximate surface area is 160 Å². The Kier molecular flexibility index (Phi) is 5.27. The van der Waals surface area contributed by atoms with Crippen molar-refractivity contribution in [3.8, 4) is 0 Å². The molecule has 1 saturated carbocycles. The summed E-state index contributed by atoms with van der Waals surface area (Å²) in [6.07, 6.45) is 4.24. The number of benzene rings is 1. The molecule has 0 radical (unpaired) electrons. The van der Waals surface area contributed by atoms with Crippen LogP contribution in [0, 0.1) is 5.41 Å². The van der Waals surface area contributed by atoms with Gasteiger partial charge in [-0.05, 0) is 23.8 Å². The van der Waals surface area contributed by atoms with Crippen molar-refractivity contribution in [2.24, 2.45) is 5.41 Å². The first-order valence-corrected chi connectivity index (χ1v) is 9.71. The van der Waals surface area contributed by atoms with E-state index in [-0.39, 0.29) is 29.8 Å². The lowest BCUT2D eigenvalue weighted by Crippen LogP contribution is -2.49. The third kappa shape index (κ3) is 3.99. The minimum atomic E-state index is -0.793. The molecule has 6 nitrogen and oxygen atoms in total. The van der Waals surface area contributed by atoms with E-state index in [2.05, 4.69) is 31.4 Å². The van der Waals surface area contributed by atoms with Crippen LogP contribution in [0.15, 0.2) is 30.3 Å². The van der Waals surface area contributed by atoms with Gasteiger partial charge in [0.15, 0.2) is 0 Å². The summed E-state index contributed by atoms with van der Waals surface area (Å²) in [6.45, 7) is 5.91. The van der Waals surface area contributed by atoms with Crippen molar-refractivity contribution in [2.45, 2.75) is 64.5 Å². The van der Waals surface area contributed by atoms with Crippen molar-refractivity contribution in [1.82, 2.24) is 15.5 Å². The molecule has 27 heavy (non-hydrogen) atoms. The number of amides is 4. The van der Waals surface area contributed by atoms with Gasteiger partial charge in [-0.15, -0.1) is 0 Å². The van der Waals surface area contributed by atoms with E-state index in [4.69, 9.17) is 0 Å². The van der Waals surface area contributed by atoms with Crippen LogP contribution >= 0.6 is 0 Å². The second-order valence-electron chi connectivity index (χ2n) is 8.74. The molecule has 1 aromatic rings. The number of hydrogen-bond acceptors (Lipinski definition) is 3.